The lowest BCUT2D eigenvalue weighted by molar-refractivity contribution is 0.0537. The van der Waals surface area contributed by atoms with Crippen LogP contribution in [0.3, 0.4) is 0 Å². The van der Waals surface area contributed by atoms with Crippen molar-refractivity contribution >= 4 is 25.1 Å². The van der Waals surface area contributed by atoms with Crippen molar-refractivity contribution in [2.45, 2.75) is 148 Å². The van der Waals surface area contributed by atoms with Crippen LogP contribution in [-0.2, 0) is 19.2 Å². The molecule has 0 saturated heterocycles. The first-order valence-corrected chi connectivity index (χ1v) is 19.3. The third kappa shape index (κ3) is 19.8. The van der Waals surface area contributed by atoms with Gasteiger partial charge in [0.2, 0.25) is 0 Å². The number of ether oxygens (including phenoxy) is 2. The molecular weight excluding hydrogens is 583 g/mol. The zero-order valence-corrected chi connectivity index (χ0v) is 29.4. The van der Waals surface area contributed by atoms with Crippen molar-refractivity contribution in [3.05, 3.63) is 29.8 Å². The van der Waals surface area contributed by atoms with E-state index in [0.29, 0.717) is 18.3 Å². The van der Waals surface area contributed by atoms with Gasteiger partial charge in [0.05, 0.1) is 19.3 Å². The van der Waals surface area contributed by atoms with Gasteiger partial charge in [-0.1, -0.05) is 110 Å². The third-order valence-corrected chi connectivity index (χ3v) is 10.2. The summed E-state index contributed by atoms with van der Waals surface area (Å²) in [7, 11) is -4.57. The molecule has 9 heteroatoms. The molecule has 0 aromatic heterocycles. The average molecular weight is 645 g/mol. The minimum Gasteiger partial charge on any atom is -0.494 e. The quantitative estimate of drug-likeness (QED) is 0.0720. The second-order valence-corrected chi connectivity index (χ2v) is 15.7. The minimum atomic E-state index is -4.57. The molecule has 1 aromatic rings. The van der Waals surface area contributed by atoms with Crippen LogP contribution in [0.2, 0.25) is 0 Å². The van der Waals surface area contributed by atoms with Gasteiger partial charge in [0.1, 0.15) is 5.75 Å². The Hall–Kier alpha value is -1.05. The fraction of sp³-hybridized carbons (Fsp3) is 0.794. The molecule has 1 unspecified atom stereocenters. The van der Waals surface area contributed by atoms with E-state index in [-0.39, 0.29) is 18.1 Å². The molecule has 0 bridgehead atoms. The number of thioether (sulfide) groups is 1. The summed E-state index contributed by atoms with van der Waals surface area (Å²) in [5.74, 6) is 2.10. The molecule has 0 spiro atoms. The molecule has 43 heavy (non-hydrogen) atoms. The Labute approximate surface area is 266 Å². The molecule has 0 aliphatic carbocycles. The number of hydrogen-bond donors (Lipinski definition) is 2. The van der Waals surface area contributed by atoms with Crippen molar-refractivity contribution in [2.24, 2.45) is 0 Å². The minimum absolute atomic E-state index is 0.0726. The molecule has 0 amide bonds. The molecule has 0 saturated carbocycles. The van der Waals surface area contributed by atoms with Gasteiger partial charge in [-0.3, -0.25) is 0 Å². The van der Waals surface area contributed by atoms with Crippen LogP contribution in [0.5, 0.6) is 5.75 Å². The molecule has 1 aromatic carbocycles. The third-order valence-electron chi connectivity index (χ3n) is 7.65. The van der Waals surface area contributed by atoms with Crippen LogP contribution in [-0.4, -0.2) is 52.6 Å². The fourth-order valence-corrected chi connectivity index (χ4v) is 6.67. The monoisotopic (exact) mass is 644 g/mol. The molecule has 250 valence electrons. The van der Waals surface area contributed by atoms with Gasteiger partial charge < -0.3 is 24.0 Å². The lowest BCUT2D eigenvalue weighted by Crippen LogP contribution is -2.25. The molecule has 2 N–H and O–H groups in total. The normalized spacial score (nSPS) is 14.7. The Balaban J connectivity index is 2.16. The molecule has 0 fully saturated rings. The van der Waals surface area contributed by atoms with Crippen molar-refractivity contribution in [3.8, 4) is 5.75 Å². The molecule has 3 atom stereocenters. The number of carboxylic acid groups (broad SMARTS) is 1. The first-order valence-electron chi connectivity index (χ1n) is 16.6. The van der Waals surface area contributed by atoms with Crippen molar-refractivity contribution in [3.63, 3.8) is 0 Å². The van der Waals surface area contributed by atoms with E-state index in [4.69, 9.17) is 14.6 Å². The van der Waals surface area contributed by atoms with E-state index in [1.165, 1.54) is 82.6 Å². The first-order chi connectivity index (χ1) is 20.5. The van der Waals surface area contributed by atoms with Crippen LogP contribution in [0.15, 0.2) is 24.3 Å². The van der Waals surface area contributed by atoms with E-state index >= 15 is 0 Å². The number of benzene rings is 1. The highest BCUT2D eigenvalue weighted by molar-refractivity contribution is 7.99. The maximum absolute atomic E-state index is 11.4. The summed E-state index contributed by atoms with van der Waals surface area (Å²) in [4.78, 5) is 19.9. The van der Waals surface area contributed by atoms with Gasteiger partial charge >= 0.3 is 13.3 Å². The van der Waals surface area contributed by atoms with Gasteiger partial charge in [0, 0.05) is 11.9 Å². The Morgan fingerprint density at radius 2 is 1.42 bits per heavy atom. The number of carbonyl (C=O) groups is 1. The van der Waals surface area contributed by atoms with Crippen LogP contribution >= 0.6 is 19.4 Å². The SMILES string of the molecule is CCCCCCC[C@@H](SCCCCCCCCCCOc1ccc(C(C)(C)C)cc1)[C@H](C)OCCCOP(=O)(O)C(=O)O. The predicted molar refractivity (Wildman–Crippen MR) is 181 cm³/mol. The molecule has 0 aliphatic heterocycles. The van der Waals surface area contributed by atoms with Gasteiger partial charge in [0.15, 0.2) is 0 Å². The Morgan fingerprint density at radius 3 is 2.02 bits per heavy atom. The first kappa shape index (κ1) is 40.0. The fourth-order valence-electron chi connectivity index (χ4n) is 4.82. The smallest absolute Gasteiger partial charge is 0.435 e. The lowest BCUT2D eigenvalue weighted by Gasteiger charge is -2.24. The summed E-state index contributed by atoms with van der Waals surface area (Å²) in [5.41, 5.74) is -0.316. The highest BCUT2D eigenvalue weighted by atomic mass is 32.2. The van der Waals surface area contributed by atoms with Gasteiger partial charge in [-0.25, -0.2) is 9.36 Å². The summed E-state index contributed by atoms with van der Waals surface area (Å²) in [6.45, 7) is 12.1. The molecule has 0 heterocycles. The maximum Gasteiger partial charge on any atom is 0.435 e. The molecular formula is C34H61O7PS. The molecule has 7 nitrogen and oxygen atoms in total. The van der Waals surface area contributed by atoms with E-state index in [1.54, 1.807) is 0 Å². The molecule has 0 aliphatic rings. The Kier molecular flexibility index (Phi) is 21.7. The summed E-state index contributed by atoms with van der Waals surface area (Å²) in [6.07, 6.45) is 17.8. The van der Waals surface area contributed by atoms with Crippen LogP contribution < -0.4 is 4.74 Å². The van der Waals surface area contributed by atoms with Crippen LogP contribution in [0.4, 0.5) is 4.79 Å². The van der Waals surface area contributed by atoms with Crippen LogP contribution in [0, 0.1) is 0 Å². The summed E-state index contributed by atoms with van der Waals surface area (Å²) in [5, 5.41) is 9.10. The predicted octanol–water partition coefficient (Wildman–Crippen LogP) is 10.6. The highest BCUT2D eigenvalue weighted by Crippen LogP contribution is 2.42. The second kappa shape index (κ2) is 23.3. The largest absolute Gasteiger partial charge is 0.494 e. The average Bonchev–Trinajstić information content (AvgIpc) is 2.95. The molecule has 0 radical (unpaired) electrons. The van der Waals surface area contributed by atoms with E-state index in [1.807, 2.05) is 11.8 Å². The van der Waals surface area contributed by atoms with Gasteiger partial charge in [0.25, 0.3) is 0 Å². The zero-order chi connectivity index (χ0) is 32.0. The van der Waals surface area contributed by atoms with Gasteiger partial charge in [-0.05, 0) is 61.5 Å². The van der Waals surface area contributed by atoms with E-state index in [9.17, 15) is 14.3 Å². The Bertz CT molecular complexity index is 888. The second-order valence-electron chi connectivity index (χ2n) is 12.6. The highest BCUT2D eigenvalue weighted by Gasteiger charge is 2.29. The van der Waals surface area contributed by atoms with E-state index in [0.717, 1.165) is 31.0 Å². The van der Waals surface area contributed by atoms with Crippen LogP contribution in [0.1, 0.15) is 136 Å². The number of rotatable bonds is 27. The summed E-state index contributed by atoms with van der Waals surface area (Å²) >= 11 is 2.01. The van der Waals surface area contributed by atoms with Gasteiger partial charge in [-0.2, -0.15) is 11.8 Å². The zero-order valence-electron chi connectivity index (χ0n) is 27.7. The standard InChI is InChI=1S/C34H61O7PS/c1-6-7-8-13-16-20-32(29(2)39-26-19-27-41-42(37,38)33(35)36)43-28-18-15-12-10-9-11-14-17-25-40-31-23-21-30(22-24-31)34(3,4)5/h21-24,29,32H,6-20,25-28H2,1-5H3,(H,35,36)(H,37,38)/t29-,32+/m0/s1. The topological polar surface area (TPSA) is 102 Å². The van der Waals surface area contributed by atoms with Crippen molar-refractivity contribution in [1.29, 1.82) is 0 Å². The van der Waals surface area contributed by atoms with E-state index in [2.05, 4.69) is 63.4 Å². The number of hydrogen-bond acceptors (Lipinski definition) is 6. The lowest BCUT2D eigenvalue weighted by atomic mass is 9.87. The summed E-state index contributed by atoms with van der Waals surface area (Å²) in [6, 6.07) is 8.51. The van der Waals surface area contributed by atoms with Crippen molar-refractivity contribution in [1.82, 2.24) is 0 Å². The number of unbranched alkanes of at least 4 members (excludes halogenated alkanes) is 11. The van der Waals surface area contributed by atoms with Crippen LogP contribution in [0.25, 0.3) is 0 Å². The van der Waals surface area contributed by atoms with E-state index < -0.39 is 13.3 Å². The van der Waals surface area contributed by atoms with Crippen molar-refractivity contribution < 1.29 is 33.4 Å². The maximum atomic E-state index is 11.4. The molecule has 1 rings (SSSR count). The summed E-state index contributed by atoms with van der Waals surface area (Å²) < 4.78 is 27.9. The Morgan fingerprint density at radius 1 is 0.837 bits per heavy atom. The van der Waals surface area contributed by atoms with Gasteiger partial charge in [-0.15, -0.1) is 0 Å². The van der Waals surface area contributed by atoms with Crippen molar-refractivity contribution in [2.75, 3.05) is 25.6 Å².